The molecule has 1 heterocycles. The van der Waals surface area contributed by atoms with Crippen LogP contribution in [0.4, 0.5) is 0 Å². The second-order valence-electron chi connectivity index (χ2n) is 4.76. The minimum atomic E-state index is -1.17. The number of carbonyl (C=O) groups excluding carboxylic acids is 1. The van der Waals surface area contributed by atoms with E-state index in [0.29, 0.717) is 0 Å². The molecule has 0 spiro atoms. The molecule has 2 N–H and O–H groups in total. The zero-order valence-corrected chi connectivity index (χ0v) is 11.8. The standard InChI is InChI=1S/C16H16N2O3/c1-10-6-3-4-7-12(10)11(2)18-15(19)14-13(16(20)21)8-5-9-17-14/h3-9,11H,1-2H3,(H,18,19)(H,20,21). The Hall–Kier alpha value is -2.69. The molecule has 2 aromatic rings. The summed E-state index contributed by atoms with van der Waals surface area (Å²) in [4.78, 5) is 27.2. The molecule has 0 saturated heterocycles. The third-order valence-electron chi connectivity index (χ3n) is 3.26. The largest absolute Gasteiger partial charge is 0.478 e. The van der Waals surface area contributed by atoms with Gasteiger partial charge in [0.05, 0.1) is 11.6 Å². The van der Waals surface area contributed by atoms with Crippen LogP contribution in [0, 0.1) is 6.92 Å². The van der Waals surface area contributed by atoms with E-state index in [2.05, 4.69) is 10.3 Å². The number of aromatic nitrogens is 1. The van der Waals surface area contributed by atoms with E-state index in [4.69, 9.17) is 5.11 Å². The molecule has 1 atom stereocenters. The van der Waals surface area contributed by atoms with Gasteiger partial charge in [-0.15, -0.1) is 0 Å². The van der Waals surface area contributed by atoms with Gasteiger partial charge in [0.25, 0.3) is 5.91 Å². The minimum absolute atomic E-state index is 0.0783. The topological polar surface area (TPSA) is 79.3 Å². The SMILES string of the molecule is Cc1ccccc1C(C)NC(=O)c1ncccc1C(=O)O. The molecule has 0 aliphatic rings. The number of aryl methyl sites for hydroxylation is 1. The second-order valence-corrected chi connectivity index (χ2v) is 4.76. The molecule has 0 bridgehead atoms. The summed E-state index contributed by atoms with van der Waals surface area (Å²) in [5, 5.41) is 11.9. The lowest BCUT2D eigenvalue weighted by Gasteiger charge is -2.16. The van der Waals surface area contributed by atoms with E-state index in [1.54, 1.807) is 0 Å². The van der Waals surface area contributed by atoms with Crippen LogP contribution in [0.1, 0.15) is 44.9 Å². The molecule has 0 radical (unpaired) electrons. The summed E-state index contributed by atoms with van der Waals surface area (Å²) >= 11 is 0. The third kappa shape index (κ3) is 3.25. The van der Waals surface area contributed by atoms with Gasteiger partial charge in [0.15, 0.2) is 0 Å². The summed E-state index contributed by atoms with van der Waals surface area (Å²) in [6, 6.07) is 10.3. The fourth-order valence-corrected chi connectivity index (χ4v) is 2.17. The lowest BCUT2D eigenvalue weighted by molar-refractivity contribution is 0.0689. The molecule has 1 unspecified atom stereocenters. The van der Waals surface area contributed by atoms with Crippen LogP contribution in [0.15, 0.2) is 42.6 Å². The number of nitrogens with zero attached hydrogens (tertiary/aromatic N) is 1. The zero-order valence-electron chi connectivity index (χ0n) is 11.8. The first-order chi connectivity index (χ1) is 10.0. The summed E-state index contributed by atoms with van der Waals surface area (Å²) in [6.45, 7) is 3.81. The van der Waals surface area contributed by atoms with Crippen LogP contribution in [-0.4, -0.2) is 22.0 Å². The van der Waals surface area contributed by atoms with Crippen molar-refractivity contribution in [1.29, 1.82) is 0 Å². The Bertz CT molecular complexity index is 683. The van der Waals surface area contributed by atoms with Crippen molar-refractivity contribution in [3.63, 3.8) is 0 Å². The molecule has 2 rings (SSSR count). The molecule has 1 amide bonds. The van der Waals surface area contributed by atoms with Crippen molar-refractivity contribution in [3.05, 3.63) is 65.0 Å². The number of hydrogen-bond acceptors (Lipinski definition) is 3. The van der Waals surface area contributed by atoms with Gasteiger partial charge in [-0.2, -0.15) is 0 Å². The van der Waals surface area contributed by atoms with Crippen LogP contribution in [0.5, 0.6) is 0 Å². The molecule has 5 nitrogen and oxygen atoms in total. The molecule has 1 aromatic heterocycles. The van der Waals surface area contributed by atoms with E-state index in [1.807, 2.05) is 38.1 Å². The van der Waals surface area contributed by atoms with Crippen molar-refractivity contribution in [2.45, 2.75) is 19.9 Å². The summed E-state index contributed by atoms with van der Waals surface area (Å²) in [7, 11) is 0. The van der Waals surface area contributed by atoms with E-state index in [-0.39, 0.29) is 17.3 Å². The number of pyridine rings is 1. The van der Waals surface area contributed by atoms with Crippen LogP contribution in [-0.2, 0) is 0 Å². The molecule has 108 valence electrons. The fraction of sp³-hybridized carbons (Fsp3) is 0.188. The maximum atomic E-state index is 12.2. The Labute approximate surface area is 122 Å². The van der Waals surface area contributed by atoms with Gasteiger partial charge in [-0.3, -0.25) is 9.78 Å². The number of hydrogen-bond donors (Lipinski definition) is 2. The van der Waals surface area contributed by atoms with Crippen LogP contribution < -0.4 is 5.32 Å². The van der Waals surface area contributed by atoms with Crippen molar-refractivity contribution in [2.24, 2.45) is 0 Å². The van der Waals surface area contributed by atoms with Crippen LogP contribution >= 0.6 is 0 Å². The Morgan fingerprint density at radius 3 is 2.57 bits per heavy atom. The van der Waals surface area contributed by atoms with Crippen molar-refractivity contribution < 1.29 is 14.7 Å². The smallest absolute Gasteiger partial charge is 0.338 e. The molecule has 0 aliphatic heterocycles. The highest BCUT2D eigenvalue weighted by Crippen LogP contribution is 2.17. The van der Waals surface area contributed by atoms with Crippen LogP contribution in [0.25, 0.3) is 0 Å². The predicted octanol–water partition coefficient (Wildman–Crippen LogP) is 2.58. The van der Waals surface area contributed by atoms with Gasteiger partial charge in [-0.1, -0.05) is 24.3 Å². The highest BCUT2D eigenvalue weighted by atomic mass is 16.4. The monoisotopic (exact) mass is 284 g/mol. The molecule has 0 saturated carbocycles. The highest BCUT2D eigenvalue weighted by Gasteiger charge is 2.19. The third-order valence-corrected chi connectivity index (χ3v) is 3.26. The maximum absolute atomic E-state index is 12.2. The molecular formula is C16H16N2O3. The van der Waals surface area contributed by atoms with Gasteiger partial charge in [-0.25, -0.2) is 4.79 Å². The lowest BCUT2D eigenvalue weighted by Crippen LogP contribution is -2.29. The van der Waals surface area contributed by atoms with Crippen molar-refractivity contribution in [3.8, 4) is 0 Å². The Kier molecular flexibility index (Phi) is 4.33. The number of nitrogens with one attached hydrogen (secondary N) is 1. The highest BCUT2D eigenvalue weighted by molar-refractivity contribution is 6.03. The Morgan fingerprint density at radius 1 is 1.19 bits per heavy atom. The fourth-order valence-electron chi connectivity index (χ4n) is 2.17. The first-order valence-corrected chi connectivity index (χ1v) is 6.55. The number of carboxylic acids is 1. The minimum Gasteiger partial charge on any atom is -0.478 e. The number of carbonyl (C=O) groups is 2. The van der Waals surface area contributed by atoms with E-state index >= 15 is 0 Å². The van der Waals surface area contributed by atoms with Gasteiger partial charge >= 0.3 is 5.97 Å². The number of rotatable bonds is 4. The molecule has 1 aromatic carbocycles. The average molecular weight is 284 g/mol. The first-order valence-electron chi connectivity index (χ1n) is 6.55. The van der Waals surface area contributed by atoms with E-state index in [0.717, 1.165) is 11.1 Å². The Balaban J connectivity index is 2.23. The number of carboxylic acid groups (broad SMARTS) is 1. The first kappa shape index (κ1) is 14.7. The maximum Gasteiger partial charge on any atom is 0.338 e. The van der Waals surface area contributed by atoms with Gasteiger partial charge in [0, 0.05) is 6.20 Å². The van der Waals surface area contributed by atoms with Gasteiger partial charge < -0.3 is 10.4 Å². The summed E-state index contributed by atoms with van der Waals surface area (Å²) in [6.07, 6.45) is 1.40. The quantitative estimate of drug-likeness (QED) is 0.904. The van der Waals surface area contributed by atoms with Crippen molar-refractivity contribution in [2.75, 3.05) is 0 Å². The number of aromatic carboxylic acids is 1. The van der Waals surface area contributed by atoms with Crippen molar-refractivity contribution in [1.82, 2.24) is 10.3 Å². The second kappa shape index (κ2) is 6.17. The molecular weight excluding hydrogens is 268 g/mol. The molecule has 0 fully saturated rings. The summed E-state index contributed by atoms with van der Waals surface area (Å²) < 4.78 is 0. The number of benzene rings is 1. The van der Waals surface area contributed by atoms with Gasteiger partial charge in [-0.05, 0) is 37.1 Å². The van der Waals surface area contributed by atoms with Gasteiger partial charge in [0.2, 0.25) is 0 Å². The molecule has 5 heteroatoms. The van der Waals surface area contributed by atoms with Crippen LogP contribution in [0.2, 0.25) is 0 Å². The Morgan fingerprint density at radius 2 is 1.90 bits per heavy atom. The van der Waals surface area contributed by atoms with Crippen molar-refractivity contribution >= 4 is 11.9 Å². The van der Waals surface area contributed by atoms with Gasteiger partial charge in [0.1, 0.15) is 5.69 Å². The molecule has 21 heavy (non-hydrogen) atoms. The summed E-state index contributed by atoms with van der Waals surface area (Å²) in [5.41, 5.74) is 1.86. The molecule has 0 aliphatic carbocycles. The van der Waals surface area contributed by atoms with Crippen LogP contribution in [0.3, 0.4) is 0 Å². The summed E-state index contributed by atoms with van der Waals surface area (Å²) in [5.74, 6) is -1.67. The van der Waals surface area contributed by atoms with E-state index in [1.165, 1.54) is 18.3 Å². The average Bonchev–Trinajstić information content (AvgIpc) is 2.47. The zero-order chi connectivity index (χ0) is 15.4. The van der Waals surface area contributed by atoms with E-state index in [9.17, 15) is 9.59 Å². The van der Waals surface area contributed by atoms with E-state index < -0.39 is 11.9 Å². The normalized spacial score (nSPS) is 11.7. The predicted molar refractivity (Wildman–Crippen MR) is 78.3 cm³/mol. The number of amides is 1. The lowest BCUT2D eigenvalue weighted by atomic mass is 10.0.